The quantitative estimate of drug-likeness (QED) is 0.152. The normalized spacial score (nSPS) is 13.2. The number of benzene rings is 4. The molecule has 2 aromatic heterocycles. The summed E-state index contributed by atoms with van der Waals surface area (Å²) in [6, 6.07) is 37.0. The van der Waals surface area contributed by atoms with Gasteiger partial charge in [-0.3, -0.25) is 0 Å². The van der Waals surface area contributed by atoms with Gasteiger partial charge in [0.05, 0.1) is 17.3 Å². The van der Waals surface area contributed by atoms with Crippen LogP contribution in [0.2, 0.25) is 0 Å². The average Bonchev–Trinajstić information content (AvgIpc) is 3.59. The number of aryl methyl sites for hydroxylation is 1. The number of para-hydroxylation sites is 1. The largest absolute Gasteiger partial charge is 0.509 e. The zero-order valence-electron chi connectivity index (χ0n) is 21.8. The first-order valence-corrected chi connectivity index (χ1v) is 12.9. The van der Waals surface area contributed by atoms with Crippen molar-refractivity contribution in [2.45, 2.75) is 6.92 Å². The number of hydrogen-bond donors (Lipinski definition) is 0. The Bertz CT molecular complexity index is 2070. The molecule has 0 aliphatic carbocycles. The van der Waals surface area contributed by atoms with Crippen molar-refractivity contribution in [1.29, 1.82) is 5.26 Å². The molecule has 4 aromatic carbocycles. The van der Waals surface area contributed by atoms with Crippen LogP contribution in [0.15, 0.2) is 97.3 Å². The Hall–Kier alpha value is -4.85. The van der Waals surface area contributed by atoms with Crippen LogP contribution in [-0.2, 0) is 21.1 Å². The fourth-order valence-electron chi connectivity index (χ4n) is 5.59. The average molecular weight is 710 g/mol. The summed E-state index contributed by atoms with van der Waals surface area (Å²) < 4.78 is 8.37. The van der Waals surface area contributed by atoms with Gasteiger partial charge in [0, 0.05) is 49.3 Å². The van der Waals surface area contributed by atoms with Crippen molar-refractivity contribution in [3.8, 4) is 34.6 Å². The van der Waals surface area contributed by atoms with Crippen LogP contribution in [0.5, 0.6) is 11.5 Å². The number of hydrogen-bond acceptors (Lipinski definition) is 5. The number of pyridine rings is 1. The van der Waals surface area contributed by atoms with Gasteiger partial charge in [0.1, 0.15) is 5.82 Å². The maximum absolute atomic E-state index is 9.59. The van der Waals surface area contributed by atoms with Gasteiger partial charge in [-0.25, -0.2) is 4.98 Å². The van der Waals surface area contributed by atoms with Gasteiger partial charge in [-0.15, -0.1) is 48.1 Å². The molecule has 0 radical (unpaired) electrons. The van der Waals surface area contributed by atoms with Crippen molar-refractivity contribution in [3.05, 3.63) is 127 Å². The monoisotopic (exact) mass is 709 g/mol. The van der Waals surface area contributed by atoms with E-state index >= 15 is 0 Å². The van der Waals surface area contributed by atoms with Crippen molar-refractivity contribution in [2.24, 2.45) is 0 Å². The Kier molecular flexibility index (Phi) is 5.92. The molecule has 0 fully saturated rings. The molecule has 0 saturated heterocycles. The summed E-state index contributed by atoms with van der Waals surface area (Å²) in [6.07, 6.45) is 4.06. The zero-order valence-corrected chi connectivity index (χ0v) is 24.0. The Morgan fingerprint density at radius 3 is 2.59 bits per heavy atom. The smallest absolute Gasteiger partial charge is 0.136 e. The van der Waals surface area contributed by atoms with Gasteiger partial charge in [0.15, 0.2) is 0 Å². The summed E-state index contributed by atoms with van der Waals surface area (Å²) in [5.74, 6) is 1.91. The molecule has 2 aliphatic heterocycles. The number of nitrogens with zero attached hydrogens (tertiary/aromatic N) is 5. The molecule has 8 bridgehead atoms. The van der Waals surface area contributed by atoms with Gasteiger partial charge in [-0.2, -0.15) is 17.4 Å². The molecule has 200 valence electrons. The second kappa shape index (κ2) is 9.66. The fraction of sp³-hybridized carbons (Fsp3) is 0.0294. The third kappa shape index (κ3) is 4.01. The van der Waals surface area contributed by atoms with E-state index < -0.39 is 0 Å². The minimum Gasteiger partial charge on any atom is -0.509 e. The number of aromatic nitrogens is 2. The molecule has 0 saturated carbocycles. The second-order valence-electron chi connectivity index (χ2n) is 9.85. The summed E-state index contributed by atoms with van der Waals surface area (Å²) in [4.78, 5) is 9.33. The first kappa shape index (κ1) is 25.1. The van der Waals surface area contributed by atoms with Crippen LogP contribution in [0.25, 0.3) is 38.9 Å². The van der Waals surface area contributed by atoms with Gasteiger partial charge >= 0.3 is 0 Å². The predicted octanol–water partition coefficient (Wildman–Crippen LogP) is 7.65. The minimum atomic E-state index is 0. The molecule has 41 heavy (non-hydrogen) atoms. The summed E-state index contributed by atoms with van der Waals surface area (Å²) in [7, 11) is 0. The summed E-state index contributed by atoms with van der Waals surface area (Å²) in [5, 5.41) is 11.5. The minimum absolute atomic E-state index is 0. The Morgan fingerprint density at radius 2 is 1.68 bits per heavy atom. The number of nitriles is 1. The molecule has 8 rings (SSSR count). The van der Waals surface area contributed by atoms with Crippen LogP contribution in [0.1, 0.15) is 11.1 Å². The molecule has 6 nitrogen and oxygen atoms in total. The maximum Gasteiger partial charge on any atom is 0.136 e. The molecule has 4 heterocycles. The van der Waals surface area contributed by atoms with Crippen LogP contribution in [-0.4, -0.2) is 9.55 Å². The van der Waals surface area contributed by atoms with Crippen molar-refractivity contribution >= 4 is 33.2 Å². The molecule has 0 atom stereocenters. The van der Waals surface area contributed by atoms with Crippen molar-refractivity contribution in [3.63, 3.8) is 0 Å². The molecule has 6 aromatic rings. The van der Waals surface area contributed by atoms with Crippen molar-refractivity contribution < 1.29 is 25.8 Å². The third-order valence-electron chi connectivity index (χ3n) is 7.40. The first-order chi connectivity index (χ1) is 19.7. The first-order valence-electron chi connectivity index (χ1n) is 12.9. The summed E-state index contributed by atoms with van der Waals surface area (Å²) >= 11 is 0. The topological polar surface area (TPSA) is 57.3 Å². The molecular weight excluding hydrogens is 689 g/mol. The number of ether oxygens (including phenoxy) is 1. The molecule has 0 unspecified atom stereocenters. The Labute approximate surface area is 251 Å². The fourth-order valence-corrected chi connectivity index (χ4v) is 5.59. The van der Waals surface area contributed by atoms with E-state index in [0.717, 1.165) is 55.8 Å². The van der Waals surface area contributed by atoms with E-state index in [1.807, 2.05) is 90.7 Å². The Balaban J connectivity index is 0.00000276. The summed E-state index contributed by atoms with van der Waals surface area (Å²) in [6.45, 7) is 4.15. The molecule has 0 N–H and O–H groups in total. The van der Waals surface area contributed by atoms with Crippen LogP contribution < -0.4 is 14.5 Å². The van der Waals surface area contributed by atoms with E-state index in [4.69, 9.17) is 9.72 Å². The van der Waals surface area contributed by atoms with Crippen molar-refractivity contribution in [1.82, 2.24) is 9.55 Å². The van der Waals surface area contributed by atoms with E-state index in [9.17, 15) is 5.26 Å². The molecule has 7 heteroatoms. The summed E-state index contributed by atoms with van der Waals surface area (Å²) in [5.41, 5.74) is 7.29. The SMILES string of the molecule is Cc1cccc2c1N1C=CN([CH-]1)c1[c-]c(ccc1)Oc1[c-]c3c(cc1)c1cc(C#N)ccc1n3-c1cccc-2n1.[Pt]. The number of fused-ring (bicyclic) bond motifs is 15. The number of rotatable bonds is 0. The van der Waals surface area contributed by atoms with Crippen LogP contribution in [0.4, 0.5) is 11.4 Å². The van der Waals surface area contributed by atoms with Crippen molar-refractivity contribution in [2.75, 3.05) is 9.80 Å². The van der Waals surface area contributed by atoms with Gasteiger partial charge in [0.25, 0.3) is 0 Å². The number of anilines is 2. The second-order valence-corrected chi connectivity index (χ2v) is 9.85. The van der Waals surface area contributed by atoms with E-state index in [0.29, 0.717) is 17.1 Å². The molecule has 2 aliphatic rings. The van der Waals surface area contributed by atoms with Gasteiger partial charge in [0.2, 0.25) is 0 Å². The predicted molar refractivity (Wildman–Crippen MR) is 156 cm³/mol. The van der Waals surface area contributed by atoms with Crippen LogP contribution in [0.3, 0.4) is 0 Å². The van der Waals surface area contributed by atoms with Crippen LogP contribution in [0, 0.1) is 37.1 Å². The van der Waals surface area contributed by atoms with E-state index in [1.54, 1.807) is 0 Å². The molecular formula is C34H20N5OPt-3. The van der Waals surface area contributed by atoms with Gasteiger partial charge in [-0.1, -0.05) is 29.8 Å². The van der Waals surface area contributed by atoms with E-state index in [-0.39, 0.29) is 21.1 Å². The standard InChI is InChI=1S/C34H20N5O.Pt/c1-22-5-2-8-28-30-9-4-10-33(36-30)39-31-14-11-23(20-35)17-29(31)27-13-12-26(19-32(27)39)40-25-7-3-6-24(18-25)37-15-16-38(21-37)34(22)28;/h2-17,21H,1H3;/q-3;. The van der Waals surface area contributed by atoms with Gasteiger partial charge < -0.3 is 19.1 Å². The van der Waals surface area contributed by atoms with Gasteiger partial charge in [-0.05, 0) is 60.6 Å². The van der Waals surface area contributed by atoms with Crippen LogP contribution >= 0.6 is 0 Å². The zero-order chi connectivity index (χ0) is 26.8. The molecule has 0 spiro atoms. The van der Waals surface area contributed by atoms with E-state index in [1.165, 1.54) is 0 Å². The van der Waals surface area contributed by atoms with E-state index in [2.05, 4.69) is 52.8 Å². The maximum atomic E-state index is 9.59. The Morgan fingerprint density at radius 1 is 0.854 bits per heavy atom. The molecule has 0 amide bonds. The third-order valence-corrected chi connectivity index (χ3v) is 7.40.